The predicted molar refractivity (Wildman–Crippen MR) is 109 cm³/mol. The van der Waals surface area contributed by atoms with Crippen LogP contribution >= 0.6 is 0 Å². The summed E-state index contributed by atoms with van der Waals surface area (Å²) in [6, 6.07) is 7.44. The highest BCUT2D eigenvalue weighted by Gasteiger charge is 2.25. The van der Waals surface area contributed by atoms with Crippen LogP contribution in [0.4, 0.5) is 5.82 Å². The molecule has 1 aliphatic heterocycles. The standard InChI is InChI=1S/C21H29N5O2/c1-5-17-18(6-2)24-25(4)19(17)23-21(28)16-9-7-15(8-10-16)13-26-12-11-22-20(27)14(26)3/h7-10,14H,5-6,11-13H2,1-4H3,(H,22,27)(H,23,28)/t14-/m1/s1. The van der Waals surface area contributed by atoms with Crippen molar-refractivity contribution in [2.45, 2.75) is 46.2 Å². The highest BCUT2D eigenvalue weighted by Crippen LogP contribution is 2.21. The Labute approximate surface area is 166 Å². The maximum Gasteiger partial charge on any atom is 0.256 e. The van der Waals surface area contributed by atoms with E-state index >= 15 is 0 Å². The van der Waals surface area contributed by atoms with Crippen LogP contribution < -0.4 is 10.6 Å². The molecule has 3 rings (SSSR count). The minimum absolute atomic E-state index is 0.0663. The first-order valence-electron chi connectivity index (χ1n) is 9.91. The van der Waals surface area contributed by atoms with Gasteiger partial charge in [0.1, 0.15) is 5.82 Å². The molecule has 2 amide bonds. The Morgan fingerprint density at radius 1 is 1.25 bits per heavy atom. The molecule has 2 aromatic rings. The number of carbonyl (C=O) groups is 2. The van der Waals surface area contributed by atoms with Crippen molar-refractivity contribution < 1.29 is 9.59 Å². The van der Waals surface area contributed by atoms with E-state index in [0.717, 1.165) is 42.0 Å². The van der Waals surface area contributed by atoms with Gasteiger partial charge in [-0.15, -0.1) is 0 Å². The number of aromatic nitrogens is 2. The lowest BCUT2D eigenvalue weighted by Crippen LogP contribution is -2.53. The van der Waals surface area contributed by atoms with Gasteiger partial charge in [0.25, 0.3) is 5.91 Å². The minimum Gasteiger partial charge on any atom is -0.353 e. The molecule has 2 heterocycles. The molecular weight excluding hydrogens is 354 g/mol. The lowest BCUT2D eigenvalue weighted by atomic mass is 10.1. The van der Waals surface area contributed by atoms with Crippen LogP contribution in [0, 0.1) is 0 Å². The highest BCUT2D eigenvalue weighted by molar-refractivity contribution is 6.04. The van der Waals surface area contributed by atoms with Gasteiger partial charge in [0, 0.05) is 37.8 Å². The third kappa shape index (κ3) is 4.09. The Kier molecular flexibility index (Phi) is 6.14. The van der Waals surface area contributed by atoms with Gasteiger partial charge in [0.05, 0.1) is 11.7 Å². The molecule has 1 saturated heterocycles. The average molecular weight is 383 g/mol. The number of hydrogen-bond donors (Lipinski definition) is 2. The van der Waals surface area contributed by atoms with Crippen LogP contribution in [0.3, 0.4) is 0 Å². The summed E-state index contributed by atoms with van der Waals surface area (Å²) in [6.45, 7) is 8.25. The number of rotatable bonds is 6. The van der Waals surface area contributed by atoms with Crippen LogP contribution in [0.25, 0.3) is 0 Å². The molecule has 0 radical (unpaired) electrons. The molecule has 150 valence electrons. The fraction of sp³-hybridized carbons (Fsp3) is 0.476. The molecule has 1 atom stereocenters. The summed E-state index contributed by atoms with van der Waals surface area (Å²) in [4.78, 5) is 26.7. The highest BCUT2D eigenvalue weighted by atomic mass is 16.2. The van der Waals surface area contributed by atoms with E-state index in [1.54, 1.807) is 4.68 Å². The largest absolute Gasteiger partial charge is 0.353 e. The number of nitrogens with zero attached hydrogens (tertiary/aromatic N) is 3. The maximum absolute atomic E-state index is 12.7. The van der Waals surface area contributed by atoms with E-state index in [9.17, 15) is 9.59 Å². The van der Waals surface area contributed by atoms with Crippen molar-refractivity contribution in [1.29, 1.82) is 0 Å². The number of anilines is 1. The molecule has 0 unspecified atom stereocenters. The number of benzene rings is 1. The summed E-state index contributed by atoms with van der Waals surface area (Å²) in [5.74, 6) is 0.691. The quantitative estimate of drug-likeness (QED) is 0.801. The monoisotopic (exact) mass is 383 g/mol. The van der Waals surface area contributed by atoms with Gasteiger partial charge in [0.2, 0.25) is 5.91 Å². The van der Waals surface area contributed by atoms with E-state index in [-0.39, 0.29) is 17.9 Å². The van der Waals surface area contributed by atoms with Gasteiger partial charge in [-0.3, -0.25) is 19.2 Å². The Hall–Kier alpha value is -2.67. The van der Waals surface area contributed by atoms with Crippen molar-refractivity contribution in [2.75, 3.05) is 18.4 Å². The van der Waals surface area contributed by atoms with Gasteiger partial charge >= 0.3 is 0 Å². The topological polar surface area (TPSA) is 79.3 Å². The van der Waals surface area contributed by atoms with Crippen molar-refractivity contribution in [3.63, 3.8) is 0 Å². The van der Waals surface area contributed by atoms with E-state index in [1.165, 1.54) is 0 Å². The third-order valence-corrected chi connectivity index (χ3v) is 5.38. The second-order valence-electron chi connectivity index (χ2n) is 7.19. The lowest BCUT2D eigenvalue weighted by molar-refractivity contribution is -0.128. The molecule has 1 aromatic heterocycles. The molecule has 7 heteroatoms. The number of carbonyl (C=O) groups excluding carboxylic acids is 2. The molecule has 7 nitrogen and oxygen atoms in total. The Morgan fingerprint density at radius 2 is 1.96 bits per heavy atom. The lowest BCUT2D eigenvalue weighted by Gasteiger charge is -2.32. The van der Waals surface area contributed by atoms with Gasteiger partial charge in [-0.05, 0) is 37.5 Å². The Morgan fingerprint density at radius 3 is 2.61 bits per heavy atom. The molecule has 1 aromatic carbocycles. The number of amides is 2. The molecule has 1 aliphatic rings. The number of hydrogen-bond acceptors (Lipinski definition) is 4. The number of nitrogens with one attached hydrogen (secondary N) is 2. The first-order valence-corrected chi connectivity index (χ1v) is 9.91. The van der Waals surface area contributed by atoms with Crippen molar-refractivity contribution in [2.24, 2.45) is 7.05 Å². The fourth-order valence-corrected chi connectivity index (χ4v) is 3.66. The normalized spacial score (nSPS) is 17.4. The molecule has 0 aliphatic carbocycles. The first-order chi connectivity index (χ1) is 13.4. The van der Waals surface area contributed by atoms with E-state index in [4.69, 9.17) is 0 Å². The Balaban J connectivity index is 1.69. The summed E-state index contributed by atoms with van der Waals surface area (Å²) in [5.41, 5.74) is 3.80. The molecule has 2 N–H and O–H groups in total. The van der Waals surface area contributed by atoms with Crippen LogP contribution in [-0.2, 0) is 31.2 Å². The van der Waals surface area contributed by atoms with E-state index < -0.39 is 0 Å². The summed E-state index contributed by atoms with van der Waals surface area (Å²) in [6.07, 6.45) is 1.67. The van der Waals surface area contributed by atoms with Crippen molar-refractivity contribution in [1.82, 2.24) is 20.0 Å². The van der Waals surface area contributed by atoms with Crippen molar-refractivity contribution in [3.05, 3.63) is 46.6 Å². The smallest absolute Gasteiger partial charge is 0.256 e. The van der Waals surface area contributed by atoms with Crippen LogP contribution in [-0.4, -0.2) is 45.6 Å². The number of piperazine rings is 1. The van der Waals surface area contributed by atoms with Crippen LogP contribution in [0.1, 0.15) is 48.0 Å². The third-order valence-electron chi connectivity index (χ3n) is 5.38. The summed E-state index contributed by atoms with van der Waals surface area (Å²) in [7, 11) is 1.85. The first kappa shape index (κ1) is 20.1. The van der Waals surface area contributed by atoms with E-state index in [2.05, 4.69) is 34.5 Å². The van der Waals surface area contributed by atoms with Crippen molar-refractivity contribution >= 4 is 17.6 Å². The zero-order chi connectivity index (χ0) is 20.3. The van der Waals surface area contributed by atoms with Crippen molar-refractivity contribution in [3.8, 4) is 0 Å². The molecule has 1 fully saturated rings. The summed E-state index contributed by atoms with van der Waals surface area (Å²) >= 11 is 0. The maximum atomic E-state index is 12.7. The van der Waals surface area contributed by atoms with E-state index in [0.29, 0.717) is 18.7 Å². The molecule has 0 spiro atoms. The molecule has 28 heavy (non-hydrogen) atoms. The van der Waals surface area contributed by atoms with Gasteiger partial charge < -0.3 is 10.6 Å². The molecular formula is C21H29N5O2. The average Bonchev–Trinajstić information content (AvgIpc) is 3.00. The van der Waals surface area contributed by atoms with Crippen LogP contribution in [0.5, 0.6) is 0 Å². The molecule has 0 saturated carbocycles. The van der Waals surface area contributed by atoms with Gasteiger partial charge in [-0.1, -0.05) is 26.0 Å². The SMILES string of the molecule is CCc1nn(C)c(NC(=O)c2ccc(CN3CCNC(=O)[C@H]3C)cc2)c1CC. The fourth-order valence-electron chi connectivity index (χ4n) is 3.66. The second kappa shape index (κ2) is 8.56. The van der Waals surface area contributed by atoms with Crippen LogP contribution in [0.2, 0.25) is 0 Å². The van der Waals surface area contributed by atoms with Gasteiger partial charge in [0.15, 0.2) is 0 Å². The van der Waals surface area contributed by atoms with Gasteiger partial charge in [-0.2, -0.15) is 5.10 Å². The number of aryl methyl sites for hydroxylation is 2. The Bertz CT molecular complexity index is 856. The van der Waals surface area contributed by atoms with Crippen LogP contribution in [0.15, 0.2) is 24.3 Å². The summed E-state index contributed by atoms with van der Waals surface area (Å²) in [5, 5.41) is 10.4. The second-order valence-corrected chi connectivity index (χ2v) is 7.19. The van der Waals surface area contributed by atoms with E-state index in [1.807, 2.05) is 38.2 Å². The zero-order valence-corrected chi connectivity index (χ0v) is 17.1. The molecule has 0 bridgehead atoms. The zero-order valence-electron chi connectivity index (χ0n) is 17.1. The van der Waals surface area contributed by atoms with Gasteiger partial charge in [-0.25, -0.2) is 0 Å². The summed E-state index contributed by atoms with van der Waals surface area (Å²) < 4.78 is 1.74. The minimum atomic E-state index is -0.141. The predicted octanol–water partition coefficient (Wildman–Crippen LogP) is 2.12.